The van der Waals surface area contributed by atoms with E-state index in [1.165, 1.54) is 167 Å². The number of ketones is 1. The summed E-state index contributed by atoms with van der Waals surface area (Å²) in [5.41, 5.74) is 0. The van der Waals surface area contributed by atoms with Crippen LogP contribution in [0.15, 0.2) is 0 Å². The largest absolute Gasteiger partial charge is 0.465 e. The predicted molar refractivity (Wildman–Crippen MR) is 191 cm³/mol. The number of carbonyl (C=O) groups is 3. The molecule has 0 heterocycles. The minimum atomic E-state index is -0.907. The monoisotopic (exact) mass is 637 g/mol. The molecule has 0 N–H and O–H groups in total. The summed E-state index contributed by atoms with van der Waals surface area (Å²) >= 11 is 0. The summed E-state index contributed by atoms with van der Waals surface area (Å²) in [5.74, 6) is -2.33. The molecule has 0 radical (unpaired) electrons. The average Bonchev–Trinajstić information content (AvgIpc) is 3.03. The van der Waals surface area contributed by atoms with Crippen molar-refractivity contribution in [1.82, 2.24) is 0 Å². The van der Waals surface area contributed by atoms with Gasteiger partial charge >= 0.3 is 11.9 Å². The summed E-state index contributed by atoms with van der Waals surface area (Å²) in [5, 5.41) is 0. The maximum absolute atomic E-state index is 12.0. The first-order chi connectivity index (χ1) is 22.1. The van der Waals surface area contributed by atoms with Gasteiger partial charge < -0.3 is 9.47 Å². The number of unbranched alkanes of at least 4 members (excludes halogenated alkanes) is 30. The van der Waals surface area contributed by atoms with Crippen molar-refractivity contribution in [3.8, 4) is 0 Å². The average molecular weight is 637 g/mol. The highest BCUT2D eigenvalue weighted by molar-refractivity contribution is 6.36. The lowest BCUT2D eigenvalue weighted by atomic mass is 10.0. The molecule has 0 aliphatic carbocycles. The third kappa shape index (κ3) is 35.3. The Hall–Kier alpha value is -1.39. The third-order valence-electron chi connectivity index (χ3n) is 9.02. The van der Waals surface area contributed by atoms with Crippen LogP contribution in [0.4, 0.5) is 0 Å². The Kier molecular flexibility index (Phi) is 35.9. The van der Waals surface area contributed by atoms with Crippen molar-refractivity contribution in [2.45, 2.75) is 226 Å². The van der Waals surface area contributed by atoms with Crippen LogP contribution in [0.1, 0.15) is 226 Å². The van der Waals surface area contributed by atoms with E-state index in [9.17, 15) is 14.4 Å². The summed E-state index contributed by atoms with van der Waals surface area (Å²) < 4.78 is 10.2. The number of hydrogen-bond donors (Lipinski definition) is 0. The molecule has 0 bridgehead atoms. The van der Waals surface area contributed by atoms with Gasteiger partial charge in [-0.25, -0.2) is 4.79 Å². The van der Waals surface area contributed by atoms with E-state index >= 15 is 0 Å². The summed E-state index contributed by atoms with van der Waals surface area (Å²) in [4.78, 5) is 35.8. The molecule has 0 fully saturated rings. The highest BCUT2D eigenvalue weighted by Gasteiger charge is 2.20. The van der Waals surface area contributed by atoms with E-state index in [1.54, 1.807) is 0 Å². The first-order valence-corrected chi connectivity index (χ1v) is 20.0. The number of esters is 2. The second-order valence-electron chi connectivity index (χ2n) is 13.6. The molecule has 45 heavy (non-hydrogen) atoms. The van der Waals surface area contributed by atoms with Crippen LogP contribution < -0.4 is 0 Å². The van der Waals surface area contributed by atoms with Crippen LogP contribution in [0.3, 0.4) is 0 Å². The molecule has 0 amide bonds. The maximum Gasteiger partial charge on any atom is 0.375 e. The molecule has 0 saturated carbocycles. The molecule has 0 aromatic rings. The predicted octanol–water partition coefficient (Wildman–Crippen LogP) is 12.6. The summed E-state index contributed by atoms with van der Waals surface area (Å²) in [6.45, 7) is 5.11. The van der Waals surface area contributed by atoms with Crippen LogP contribution in [0.25, 0.3) is 0 Å². The first-order valence-electron chi connectivity index (χ1n) is 20.0. The highest BCUT2D eigenvalue weighted by Crippen LogP contribution is 2.15. The van der Waals surface area contributed by atoms with Crippen molar-refractivity contribution in [1.29, 1.82) is 0 Å². The van der Waals surface area contributed by atoms with E-state index in [0.29, 0.717) is 6.61 Å². The van der Waals surface area contributed by atoms with Crippen molar-refractivity contribution >= 4 is 17.7 Å². The van der Waals surface area contributed by atoms with Crippen molar-refractivity contribution in [2.24, 2.45) is 0 Å². The van der Waals surface area contributed by atoms with Gasteiger partial charge in [-0.05, 0) is 12.8 Å². The van der Waals surface area contributed by atoms with E-state index in [0.717, 1.165) is 38.5 Å². The fraction of sp³-hybridized carbons (Fsp3) is 0.925. The van der Waals surface area contributed by atoms with Crippen molar-refractivity contribution in [3.05, 3.63) is 0 Å². The van der Waals surface area contributed by atoms with Gasteiger partial charge in [-0.15, -0.1) is 0 Å². The van der Waals surface area contributed by atoms with Crippen LogP contribution in [-0.4, -0.2) is 30.9 Å². The van der Waals surface area contributed by atoms with Crippen LogP contribution in [0.2, 0.25) is 0 Å². The first kappa shape index (κ1) is 43.6. The van der Waals surface area contributed by atoms with E-state index in [2.05, 4.69) is 13.8 Å². The van der Waals surface area contributed by atoms with Crippen LogP contribution >= 0.6 is 0 Å². The Morgan fingerprint density at radius 3 is 0.867 bits per heavy atom. The maximum atomic E-state index is 12.0. The molecule has 0 rings (SSSR count). The Balaban J connectivity index is 3.38. The zero-order valence-corrected chi connectivity index (χ0v) is 30.3. The Bertz CT molecular complexity index is 647. The minimum Gasteiger partial charge on any atom is -0.465 e. The summed E-state index contributed by atoms with van der Waals surface area (Å²) in [7, 11) is 0. The number of rotatable bonds is 37. The van der Waals surface area contributed by atoms with Gasteiger partial charge in [0.2, 0.25) is 0 Å². The molecule has 0 aliphatic heterocycles. The minimum absolute atomic E-state index is 0.247. The third-order valence-corrected chi connectivity index (χ3v) is 9.02. The number of hydrogen-bond acceptors (Lipinski definition) is 5. The van der Waals surface area contributed by atoms with E-state index < -0.39 is 24.1 Å². The fourth-order valence-electron chi connectivity index (χ4n) is 5.99. The Morgan fingerprint density at radius 1 is 0.333 bits per heavy atom. The quantitative estimate of drug-likeness (QED) is 0.0294. The molecular formula is C40H76O5. The van der Waals surface area contributed by atoms with Gasteiger partial charge in [-0.2, -0.15) is 0 Å². The molecule has 5 nitrogen and oxygen atoms in total. The Labute approximate surface area is 280 Å². The SMILES string of the molecule is CCCCCCCCCCCCCCCCCCOC(=O)CC(=O)C(=O)OCCCCCCCCCCCCCCCCCC. The van der Waals surface area contributed by atoms with Crippen LogP contribution in [-0.2, 0) is 23.9 Å². The highest BCUT2D eigenvalue weighted by atomic mass is 16.5. The lowest BCUT2D eigenvalue weighted by Gasteiger charge is -2.06. The van der Waals surface area contributed by atoms with Gasteiger partial charge in [-0.1, -0.05) is 206 Å². The molecule has 266 valence electrons. The summed E-state index contributed by atoms with van der Waals surface area (Å²) in [6.07, 6.45) is 40.8. The van der Waals surface area contributed by atoms with Gasteiger partial charge in [0.1, 0.15) is 6.42 Å². The molecule has 0 atom stereocenters. The van der Waals surface area contributed by atoms with Crippen LogP contribution in [0, 0.1) is 0 Å². The topological polar surface area (TPSA) is 69.7 Å². The van der Waals surface area contributed by atoms with Gasteiger partial charge in [0.25, 0.3) is 5.78 Å². The number of Topliss-reactive ketones (excluding diaryl/α,β-unsaturated/α-hetero) is 1. The molecular weight excluding hydrogens is 560 g/mol. The van der Waals surface area contributed by atoms with Crippen molar-refractivity contribution < 1.29 is 23.9 Å². The van der Waals surface area contributed by atoms with Crippen molar-refractivity contribution in [3.63, 3.8) is 0 Å². The zero-order valence-electron chi connectivity index (χ0n) is 30.3. The number of carbonyl (C=O) groups excluding carboxylic acids is 3. The van der Waals surface area contributed by atoms with Crippen molar-refractivity contribution in [2.75, 3.05) is 13.2 Å². The molecule has 0 spiro atoms. The van der Waals surface area contributed by atoms with E-state index in [1.807, 2.05) is 0 Å². The zero-order chi connectivity index (χ0) is 32.9. The second-order valence-corrected chi connectivity index (χ2v) is 13.6. The van der Waals surface area contributed by atoms with E-state index in [-0.39, 0.29) is 6.61 Å². The van der Waals surface area contributed by atoms with Gasteiger partial charge in [0.15, 0.2) is 0 Å². The van der Waals surface area contributed by atoms with Crippen LogP contribution in [0.5, 0.6) is 0 Å². The molecule has 0 aliphatic rings. The standard InChI is InChI=1S/C40H76O5/c1-3-5-7-9-11-13-15-17-19-21-23-25-27-29-31-33-35-44-39(42)37-38(41)40(43)45-36-34-32-30-28-26-24-22-20-18-16-14-12-10-8-6-4-2/h3-37H2,1-2H3. The second kappa shape index (κ2) is 37.1. The molecule has 0 aromatic heterocycles. The van der Waals surface area contributed by atoms with Gasteiger partial charge in [0, 0.05) is 0 Å². The Morgan fingerprint density at radius 2 is 0.578 bits per heavy atom. The summed E-state index contributed by atoms with van der Waals surface area (Å²) in [6, 6.07) is 0. The fourth-order valence-corrected chi connectivity index (χ4v) is 5.99. The van der Waals surface area contributed by atoms with Gasteiger partial charge in [0.05, 0.1) is 13.2 Å². The lowest BCUT2D eigenvalue weighted by Crippen LogP contribution is -2.22. The number of ether oxygens (including phenoxy) is 2. The molecule has 0 aromatic carbocycles. The molecule has 0 saturated heterocycles. The normalized spacial score (nSPS) is 11.2. The lowest BCUT2D eigenvalue weighted by molar-refractivity contribution is -0.158. The van der Waals surface area contributed by atoms with Gasteiger partial charge in [-0.3, -0.25) is 9.59 Å². The molecule has 0 unspecified atom stereocenters. The smallest absolute Gasteiger partial charge is 0.375 e. The molecule has 5 heteroatoms. The van der Waals surface area contributed by atoms with E-state index in [4.69, 9.17) is 9.47 Å².